The lowest BCUT2D eigenvalue weighted by Crippen LogP contribution is -2.42. The SMILES string of the molecule is CCNC(=NCC1(C)CCCCC1O)NCCC(C)C.I. The summed E-state index contributed by atoms with van der Waals surface area (Å²) < 4.78 is 0. The van der Waals surface area contributed by atoms with E-state index in [1.807, 2.05) is 0 Å². The van der Waals surface area contributed by atoms with Crippen LogP contribution in [0.3, 0.4) is 0 Å². The summed E-state index contributed by atoms with van der Waals surface area (Å²) in [5.74, 6) is 1.58. The van der Waals surface area contributed by atoms with Crippen LogP contribution in [0.2, 0.25) is 0 Å². The van der Waals surface area contributed by atoms with Gasteiger partial charge in [0.2, 0.25) is 0 Å². The van der Waals surface area contributed by atoms with E-state index >= 15 is 0 Å². The monoisotopic (exact) mass is 411 g/mol. The molecule has 0 bridgehead atoms. The summed E-state index contributed by atoms with van der Waals surface area (Å²) in [4.78, 5) is 4.69. The Kier molecular flexibility index (Phi) is 10.6. The van der Waals surface area contributed by atoms with E-state index in [2.05, 4.69) is 38.3 Å². The van der Waals surface area contributed by atoms with Crippen LogP contribution in [0, 0.1) is 11.3 Å². The first-order valence-corrected chi connectivity index (χ1v) is 8.18. The molecule has 2 unspecified atom stereocenters. The Bertz CT molecular complexity index is 310. The van der Waals surface area contributed by atoms with Gasteiger partial charge >= 0.3 is 0 Å². The summed E-state index contributed by atoms with van der Waals surface area (Å²) in [5, 5.41) is 16.9. The molecule has 1 aliphatic carbocycles. The first-order chi connectivity index (χ1) is 9.48. The maximum absolute atomic E-state index is 10.2. The van der Waals surface area contributed by atoms with Crippen LogP contribution in [0.5, 0.6) is 0 Å². The molecule has 1 rings (SSSR count). The summed E-state index contributed by atoms with van der Waals surface area (Å²) in [5.41, 5.74) is -0.0569. The average Bonchev–Trinajstić information content (AvgIpc) is 2.39. The van der Waals surface area contributed by atoms with Crippen LogP contribution in [0.25, 0.3) is 0 Å². The average molecular weight is 411 g/mol. The molecule has 0 heterocycles. The Morgan fingerprint density at radius 3 is 2.62 bits per heavy atom. The Hall–Kier alpha value is -0.0400. The Morgan fingerprint density at radius 1 is 1.33 bits per heavy atom. The van der Waals surface area contributed by atoms with Crippen LogP contribution in [0.1, 0.15) is 59.8 Å². The van der Waals surface area contributed by atoms with Gasteiger partial charge in [-0.05, 0) is 32.1 Å². The number of nitrogens with one attached hydrogen (secondary N) is 2. The van der Waals surface area contributed by atoms with Crippen molar-refractivity contribution in [3.05, 3.63) is 0 Å². The minimum absolute atomic E-state index is 0. The fourth-order valence-electron chi connectivity index (χ4n) is 2.65. The zero-order valence-electron chi connectivity index (χ0n) is 14.1. The number of hydrogen-bond donors (Lipinski definition) is 3. The van der Waals surface area contributed by atoms with Gasteiger partial charge in [-0.1, -0.05) is 33.6 Å². The standard InChI is InChI=1S/C16H33N3O.HI/c1-5-17-15(18-11-9-13(2)3)19-12-16(4)10-7-6-8-14(16)20;/h13-14,20H,5-12H2,1-4H3,(H2,17,18,19);1H. The summed E-state index contributed by atoms with van der Waals surface area (Å²) in [6.45, 7) is 11.2. The molecular weight excluding hydrogens is 377 g/mol. The van der Waals surface area contributed by atoms with Crippen molar-refractivity contribution in [3.63, 3.8) is 0 Å². The molecule has 0 aromatic heterocycles. The molecule has 1 aliphatic rings. The van der Waals surface area contributed by atoms with Gasteiger partial charge in [-0.15, -0.1) is 24.0 Å². The van der Waals surface area contributed by atoms with E-state index in [0.717, 1.165) is 44.7 Å². The second-order valence-corrected chi connectivity index (χ2v) is 6.72. The van der Waals surface area contributed by atoms with Crippen LogP contribution in [0.15, 0.2) is 4.99 Å². The van der Waals surface area contributed by atoms with Gasteiger partial charge in [0.15, 0.2) is 5.96 Å². The number of rotatable bonds is 6. The van der Waals surface area contributed by atoms with Crippen molar-refractivity contribution in [2.75, 3.05) is 19.6 Å². The fraction of sp³-hybridized carbons (Fsp3) is 0.938. The van der Waals surface area contributed by atoms with E-state index < -0.39 is 0 Å². The smallest absolute Gasteiger partial charge is 0.191 e. The molecule has 1 fully saturated rings. The van der Waals surface area contributed by atoms with E-state index in [0.29, 0.717) is 12.5 Å². The minimum Gasteiger partial charge on any atom is -0.392 e. The quantitative estimate of drug-likeness (QED) is 0.358. The first-order valence-electron chi connectivity index (χ1n) is 8.18. The third-order valence-electron chi connectivity index (χ3n) is 4.24. The number of nitrogens with zero attached hydrogens (tertiary/aromatic N) is 1. The molecule has 21 heavy (non-hydrogen) atoms. The molecule has 0 saturated heterocycles. The van der Waals surface area contributed by atoms with Crippen molar-refractivity contribution < 1.29 is 5.11 Å². The van der Waals surface area contributed by atoms with Gasteiger partial charge < -0.3 is 15.7 Å². The van der Waals surface area contributed by atoms with E-state index in [1.165, 1.54) is 6.42 Å². The summed E-state index contributed by atoms with van der Waals surface area (Å²) >= 11 is 0. The summed E-state index contributed by atoms with van der Waals surface area (Å²) in [7, 11) is 0. The van der Waals surface area contributed by atoms with Crippen molar-refractivity contribution in [1.82, 2.24) is 10.6 Å². The second kappa shape index (κ2) is 10.6. The second-order valence-electron chi connectivity index (χ2n) is 6.72. The molecule has 3 N–H and O–H groups in total. The van der Waals surface area contributed by atoms with E-state index in [4.69, 9.17) is 4.99 Å². The maximum Gasteiger partial charge on any atom is 0.191 e. The highest BCUT2D eigenvalue weighted by atomic mass is 127. The van der Waals surface area contributed by atoms with Gasteiger partial charge in [0.1, 0.15) is 0 Å². The lowest BCUT2D eigenvalue weighted by atomic mass is 9.73. The van der Waals surface area contributed by atoms with Crippen LogP contribution in [0.4, 0.5) is 0 Å². The van der Waals surface area contributed by atoms with Gasteiger partial charge in [0.25, 0.3) is 0 Å². The minimum atomic E-state index is -0.210. The van der Waals surface area contributed by atoms with Crippen LogP contribution in [-0.2, 0) is 0 Å². The molecule has 0 aromatic rings. The number of hydrogen-bond acceptors (Lipinski definition) is 2. The number of aliphatic hydroxyl groups is 1. The first kappa shape index (κ1) is 21.0. The molecule has 0 spiro atoms. The van der Waals surface area contributed by atoms with E-state index in [-0.39, 0.29) is 35.5 Å². The van der Waals surface area contributed by atoms with E-state index in [9.17, 15) is 5.11 Å². The molecule has 0 aliphatic heterocycles. The van der Waals surface area contributed by atoms with Crippen molar-refractivity contribution in [1.29, 1.82) is 0 Å². The number of guanidine groups is 1. The van der Waals surface area contributed by atoms with Crippen molar-refractivity contribution >= 4 is 29.9 Å². The molecule has 0 radical (unpaired) electrons. The maximum atomic E-state index is 10.2. The van der Waals surface area contributed by atoms with Crippen molar-refractivity contribution in [3.8, 4) is 0 Å². The number of halogens is 1. The molecular formula is C16H34IN3O. The van der Waals surface area contributed by atoms with Crippen molar-refractivity contribution in [2.45, 2.75) is 65.9 Å². The number of aliphatic hydroxyl groups excluding tert-OH is 1. The van der Waals surface area contributed by atoms with Gasteiger partial charge in [0, 0.05) is 18.5 Å². The Labute approximate surface area is 147 Å². The lowest BCUT2D eigenvalue weighted by Gasteiger charge is -2.37. The van der Waals surface area contributed by atoms with Crippen LogP contribution < -0.4 is 10.6 Å². The summed E-state index contributed by atoms with van der Waals surface area (Å²) in [6, 6.07) is 0. The molecule has 1 saturated carbocycles. The highest BCUT2D eigenvalue weighted by Gasteiger charge is 2.35. The van der Waals surface area contributed by atoms with Gasteiger partial charge in [-0.2, -0.15) is 0 Å². The zero-order chi connectivity index (χ0) is 15.0. The van der Waals surface area contributed by atoms with E-state index in [1.54, 1.807) is 0 Å². The normalized spacial score (nSPS) is 26.4. The fourth-order valence-corrected chi connectivity index (χ4v) is 2.65. The Morgan fingerprint density at radius 2 is 2.05 bits per heavy atom. The highest BCUT2D eigenvalue weighted by Crippen LogP contribution is 2.36. The number of aliphatic imine (C=N–C) groups is 1. The molecule has 4 nitrogen and oxygen atoms in total. The third-order valence-corrected chi connectivity index (χ3v) is 4.24. The largest absolute Gasteiger partial charge is 0.392 e. The van der Waals surface area contributed by atoms with Gasteiger partial charge in [-0.3, -0.25) is 4.99 Å². The molecule has 126 valence electrons. The zero-order valence-corrected chi connectivity index (χ0v) is 16.4. The van der Waals surface area contributed by atoms with Crippen molar-refractivity contribution in [2.24, 2.45) is 16.3 Å². The van der Waals surface area contributed by atoms with Crippen LogP contribution >= 0.6 is 24.0 Å². The summed E-state index contributed by atoms with van der Waals surface area (Å²) in [6.07, 6.45) is 5.28. The molecule has 0 amide bonds. The van der Waals surface area contributed by atoms with Gasteiger partial charge in [-0.25, -0.2) is 0 Å². The predicted molar refractivity (Wildman–Crippen MR) is 101 cm³/mol. The predicted octanol–water partition coefficient (Wildman–Crippen LogP) is 3.15. The molecule has 2 atom stereocenters. The molecule has 0 aromatic carbocycles. The third kappa shape index (κ3) is 7.68. The van der Waals surface area contributed by atoms with Gasteiger partial charge in [0.05, 0.1) is 12.6 Å². The molecule has 5 heteroatoms. The lowest BCUT2D eigenvalue weighted by molar-refractivity contribution is 0.00716. The Balaban J connectivity index is 0.00000400. The van der Waals surface area contributed by atoms with Crippen LogP contribution in [-0.4, -0.2) is 36.8 Å². The topological polar surface area (TPSA) is 56.7 Å². The highest BCUT2D eigenvalue weighted by molar-refractivity contribution is 14.0.